The number of rotatable bonds is 7. The summed E-state index contributed by atoms with van der Waals surface area (Å²) < 4.78 is 0. The Balaban J connectivity index is 2.38. The maximum absolute atomic E-state index is 12.5. The lowest BCUT2D eigenvalue weighted by molar-refractivity contribution is -0.313. The molecular weight excluding hydrogens is 288 g/mol. The minimum atomic E-state index is -1.10. The summed E-state index contributed by atoms with van der Waals surface area (Å²) in [7, 11) is 0. The van der Waals surface area contributed by atoms with Gasteiger partial charge in [-0.1, -0.05) is 75.2 Å². The van der Waals surface area contributed by atoms with Gasteiger partial charge in [0.1, 0.15) is 0 Å². The number of carboxylic acids is 1. The molecule has 0 bridgehead atoms. The van der Waals surface area contributed by atoms with Crippen molar-refractivity contribution < 1.29 is 14.7 Å². The van der Waals surface area contributed by atoms with Crippen LogP contribution in [0.5, 0.6) is 0 Å². The van der Waals surface area contributed by atoms with E-state index < -0.39 is 11.4 Å². The molecule has 0 N–H and O–H groups in total. The zero-order valence-electron chi connectivity index (χ0n) is 13.5. The van der Waals surface area contributed by atoms with E-state index in [4.69, 9.17) is 0 Å². The van der Waals surface area contributed by atoms with Gasteiger partial charge in [-0.25, -0.2) is 0 Å². The Bertz CT molecular complexity index is 691. The summed E-state index contributed by atoms with van der Waals surface area (Å²) in [4.78, 5) is 24.2. The van der Waals surface area contributed by atoms with Gasteiger partial charge in [-0.2, -0.15) is 0 Å². The van der Waals surface area contributed by atoms with Crippen LogP contribution < -0.4 is 5.11 Å². The number of carbonyl (C=O) groups is 2. The summed E-state index contributed by atoms with van der Waals surface area (Å²) >= 11 is 0. The molecule has 0 amide bonds. The second-order valence-corrected chi connectivity index (χ2v) is 6.00. The predicted molar refractivity (Wildman–Crippen MR) is 88.2 cm³/mol. The van der Waals surface area contributed by atoms with Crippen LogP contribution in [0.2, 0.25) is 0 Å². The van der Waals surface area contributed by atoms with Crippen molar-refractivity contribution in [3.05, 3.63) is 71.3 Å². The molecule has 0 heterocycles. The van der Waals surface area contributed by atoms with E-state index in [1.165, 1.54) is 0 Å². The second kappa shape index (κ2) is 7.23. The van der Waals surface area contributed by atoms with Crippen molar-refractivity contribution >= 4 is 11.8 Å². The molecule has 120 valence electrons. The average Bonchev–Trinajstić information content (AvgIpc) is 2.59. The summed E-state index contributed by atoms with van der Waals surface area (Å²) in [5.74, 6) is -1.21. The third kappa shape index (κ3) is 3.67. The zero-order chi connectivity index (χ0) is 16.9. The smallest absolute Gasteiger partial charge is 0.193 e. The predicted octanol–water partition coefficient (Wildman–Crippen LogP) is 3.12. The molecule has 1 unspecified atom stereocenters. The lowest BCUT2D eigenvalue weighted by Crippen LogP contribution is -2.43. The number of hydrogen-bond acceptors (Lipinski definition) is 3. The lowest BCUT2D eigenvalue weighted by Gasteiger charge is -2.31. The van der Waals surface area contributed by atoms with E-state index in [1.807, 2.05) is 25.1 Å². The first-order valence-electron chi connectivity index (χ1n) is 7.91. The number of hydrogen-bond donors (Lipinski definition) is 0. The van der Waals surface area contributed by atoms with Crippen LogP contribution in [-0.2, 0) is 10.2 Å². The molecule has 1 atom stereocenters. The van der Waals surface area contributed by atoms with Crippen molar-refractivity contribution in [2.75, 3.05) is 0 Å². The molecule has 0 fully saturated rings. The Kier molecular flexibility index (Phi) is 5.32. The molecular formula is C20H21O3-. The normalized spacial score (nSPS) is 13.3. The van der Waals surface area contributed by atoms with Crippen LogP contribution in [0, 0.1) is 0 Å². The van der Waals surface area contributed by atoms with Crippen LogP contribution in [0.15, 0.2) is 54.6 Å². The van der Waals surface area contributed by atoms with Crippen LogP contribution in [0.4, 0.5) is 0 Å². The Morgan fingerprint density at radius 2 is 1.65 bits per heavy atom. The molecule has 3 nitrogen and oxygen atoms in total. The SMILES string of the molecule is CCCCC(C)(C(=O)[O-])c1cccc(C(=O)c2ccccc2)c1. The fraction of sp³-hybridized carbons (Fsp3) is 0.300. The molecule has 0 aliphatic rings. The van der Waals surface area contributed by atoms with Crippen molar-refractivity contribution in [2.45, 2.75) is 38.5 Å². The van der Waals surface area contributed by atoms with E-state index in [1.54, 1.807) is 43.3 Å². The minimum absolute atomic E-state index is 0.108. The fourth-order valence-electron chi connectivity index (χ4n) is 2.65. The molecule has 23 heavy (non-hydrogen) atoms. The number of benzene rings is 2. The first-order chi connectivity index (χ1) is 11.0. The molecule has 0 radical (unpaired) electrons. The van der Waals surface area contributed by atoms with E-state index in [2.05, 4.69) is 0 Å². The fourth-order valence-corrected chi connectivity index (χ4v) is 2.65. The first-order valence-corrected chi connectivity index (χ1v) is 7.91. The van der Waals surface area contributed by atoms with Gasteiger partial charge in [0, 0.05) is 16.5 Å². The van der Waals surface area contributed by atoms with Gasteiger partial charge in [0.05, 0.1) is 5.97 Å². The highest BCUT2D eigenvalue weighted by atomic mass is 16.4. The Hall–Kier alpha value is -2.42. The summed E-state index contributed by atoms with van der Waals surface area (Å²) in [6, 6.07) is 15.9. The largest absolute Gasteiger partial charge is 0.549 e. The number of aliphatic carboxylic acids is 1. The monoisotopic (exact) mass is 309 g/mol. The van der Waals surface area contributed by atoms with E-state index in [9.17, 15) is 14.7 Å². The van der Waals surface area contributed by atoms with Crippen LogP contribution in [0.25, 0.3) is 0 Å². The topological polar surface area (TPSA) is 57.2 Å². The minimum Gasteiger partial charge on any atom is -0.549 e. The maximum Gasteiger partial charge on any atom is 0.193 e. The summed E-state index contributed by atoms with van der Waals surface area (Å²) in [6.07, 6.45) is 2.20. The molecule has 0 aliphatic carbocycles. The molecule has 0 saturated heterocycles. The quantitative estimate of drug-likeness (QED) is 0.738. The molecule has 3 heteroatoms. The number of unbranched alkanes of at least 4 members (excludes halogenated alkanes) is 1. The van der Waals surface area contributed by atoms with Gasteiger partial charge >= 0.3 is 0 Å². The van der Waals surface area contributed by atoms with Gasteiger partial charge in [0.25, 0.3) is 0 Å². The number of ketones is 1. The molecule has 0 aliphatic heterocycles. The number of carbonyl (C=O) groups excluding carboxylic acids is 2. The van der Waals surface area contributed by atoms with Crippen molar-refractivity contribution in [3.8, 4) is 0 Å². The Morgan fingerprint density at radius 1 is 1.00 bits per heavy atom. The third-order valence-electron chi connectivity index (χ3n) is 4.28. The van der Waals surface area contributed by atoms with Gasteiger partial charge in [0.15, 0.2) is 5.78 Å². The van der Waals surface area contributed by atoms with Crippen LogP contribution in [0.1, 0.15) is 54.6 Å². The van der Waals surface area contributed by atoms with Crippen molar-refractivity contribution in [2.24, 2.45) is 0 Å². The van der Waals surface area contributed by atoms with Crippen LogP contribution in [0.3, 0.4) is 0 Å². The van der Waals surface area contributed by atoms with Crippen LogP contribution >= 0.6 is 0 Å². The molecule has 0 spiro atoms. The summed E-state index contributed by atoms with van der Waals surface area (Å²) in [5.41, 5.74) is 0.627. The van der Waals surface area contributed by atoms with Gasteiger partial charge in [-0.15, -0.1) is 0 Å². The lowest BCUT2D eigenvalue weighted by atomic mass is 9.77. The van der Waals surface area contributed by atoms with Gasteiger partial charge in [-0.3, -0.25) is 4.79 Å². The van der Waals surface area contributed by atoms with E-state index >= 15 is 0 Å². The molecule has 0 aromatic heterocycles. The highest BCUT2D eigenvalue weighted by Gasteiger charge is 2.28. The maximum atomic E-state index is 12.5. The van der Waals surface area contributed by atoms with E-state index in [0.717, 1.165) is 12.8 Å². The molecule has 2 rings (SSSR count). The van der Waals surface area contributed by atoms with Gasteiger partial charge < -0.3 is 9.90 Å². The van der Waals surface area contributed by atoms with Gasteiger partial charge in [-0.05, 0) is 18.1 Å². The second-order valence-electron chi connectivity index (χ2n) is 6.00. The molecule has 0 saturated carbocycles. The Labute approximate surface area is 137 Å². The summed E-state index contributed by atoms with van der Waals surface area (Å²) in [6.45, 7) is 3.69. The molecule has 2 aromatic rings. The van der Waals surface area contributed by atoms with Crippen LogP contribution in [-0.4, -0.2) is 11.8 Å². The highest BCUT2D eigenvalue weighted by Crippen LogP contribution is 2.30. The summed E-state index contributed by atoms with van der Waals surface area (Å²) in [5, 5.41) is 11.7. The van der Waals surface area contributed by atoms with Gasteiger partial charge in [0.2, 0.25) is 0 Å². The number of carboxylic acid groups (broad SMARTS) is 1. The van der Waals surface area contributed by atoms with Crippen molar-refractivity contribution in [1.29, 1.82) is 0 Å². The first kappa shape index (κ1) is 16.9. The zero-order valence-corrected chi connectivity index (χ0v) is 13.5. The standard InChI is InChI=1S/C20H22O3/c1-3-4-13-20(2,19(22)23)17-12-8-11-16(14-17)18(21)15-9-6-5-7-10-15/h5-12,14H,3-4,13H2,1-2H3,(H,22,23)/p-1. The van der Waals surface area contributed by atoms with E-state index in [-0.39, 0.29) is 5.78 Å². The molecule has 2 aromatic carbocycles. The average molecular weight is 309 g/mol. The Morgan fingerprint density at radius 3 is 2.26 bits per heavy atom. The third-order valence-corrected chi connectivity index (χ3v) is 4.28. The highest BCUT2D eigenvalue weighted by molar-refractivity contribution is 6.09. The van der Waals surface area contributed by atoms with E-state index in [0.29, 0.717) is 23.1 Å². The van der Waals surface area contributed by atoms with Crippen molar-refractivity contribution in [1.82, 2.24) is 0 Å². The van der Waals surface area contributed by atoms with Crippen molar-refractivity contribution in [3.63, 3.8) is 0 Å².